The van der Waals surface area contributed by atoms with Gasteiger partial charge in [-0.1, -0.05) is 121 Å². The van der Waals surface area contributed by atoms with E-state index in [2.05, 4.69) is 0 Å². The van der Waals surface area contributed by atoms with Crippen LogP contribution in [0.15, 0.2) is 121 Å². The molecule has 2 N–H and O–H groups in total. The third kappa shape index (κ3) is 11.1. The first-order chi connectivity index (χ1) is 21.6. The number of hydrogen-bond acceptors (Lipinski definition) is 8. The average Bonchev–Trinajstić information content (AvgIpc) is 3.07. The number of ether oxygens (including phenoxy) is 5. The first kappa shape index (κ1) is 33.2. The normalized spacial score (nSPS) is 21.2. The van der Waals surface area contributed by atoms with Crippen LogP contribution in [-0.4, -0.2) is 60.4 Å². The lowest BCUT2D eigenvalue weighted by molar-refractivity contribution is -0.308. The van der Waals surface area contributed by atoms with Crippen LogP contribution in [0.1, 0.15) is 22.3 Å². The van der Waals surface area contributed by atoms with E-state index < -0.39 is 30.7 Å². The molecule has 1 saturated heterocycles. The molecule has 1 heterocycles. The van der Waals surface area contributed by atoms with Crippen LogP contribution in [-0.2, 0) is 54.9 Å². The third-order valence-corrected chi connectivity index (χ3v) is 6.90. The Morgan fingerprint density at radius 1 is 0.568 bits per heavy atom. The van der Waals surface area contributed by atoms with Crippen LogP contribution in [0.4, 0.5) is 0 Å². The minimum Gasteiger partial charge on any atom is -0.387 e. The van der Waals surface area contributed by atoms with Gasteiger partial charge in [0.15, 0.2) is 6.29 Å². The van der Waals surface area contributed by atoms with Crippen molar-refractivity contribution >= 4 is 6.29 Å². The van der Waals surface area contributed by atoms with Crippen molar-refractivity contribution in [2.24, 2.45) is 0 Å². The molecule has 0 aromatic heterocycles. The quantitative estimate of drug-likeness (QED) is 0.156. The summed E-state index contributed by atoms with van der Waals surface area (Å²) < 4.78 is 28.6. The highest BCUT2D eigenvalue weighted by Crippen LogP contribution is 2.27. The van der Waals surface area contributed by atoms with Crippen molar-refractivity contribution < 1.29 is 38.7 Å². The van der Waals surface area contributed by atoms with Crippen LogP contribution in [0, 0.1) is 0 Å². The molecule has 0 bridgehead atoms. The number of carbonyl (C=O) groups excluding carboxylic acids is 1. The van der Waals surface area contributed by atoms with Crippen LogP contribution >= 0.6 is 0 Å². The molecule has 1 unspecified atom stereocenters. The van der Waals surface area contributed by atoms with Gasteiger partial charge < -0.3 is 38.7 Å². The molecular formula is C36H40O8. The number of aldehydes is 1. The van der Waals surface area contributed by atoms with Crippen molar-refractivity contribution in [3.05, 3.63) is 144 Å². The molecule has 0 spiro atoms. The number of aliphatic hydroxyl groups is 2. The van der Waals surface area contributed by atoms with Gasteiger partial charge in [-0.05, 0) is 22.3 Å². The fraction of sp³-hybridized carbons (Fsp3) is 0.306. The van der Waals surface area contributed by atoms with E-state index in [1.54, 1.807) is 0 Å². The molecule has 5 rings (SSSR count). The molecule has 5 atom stereocenters. The van der Waals surface area contributed by atoms with E-state index in [0.29, 0.717) is 19.8 Å². The molecule has 0 amide bonds. The summed E-state index contributed by atoms with van der Waals surface area (Å²) in [4.78, 5) is 9.87. The van der Waals surface area contributed by atoms with E-state index in [4.69, 9.17) is 23.7 Å². The number of rotatable bonds is 14. The summed E-state index contributed by atoms with van der Waals surface area (Å²) in [5.74, 6) is 0. The molecular weight excluding hydrogens is 560 g/mol. The van der Waals surface area contributed by atoms with Crippen molar-refractivity contribution in [3.8, 4) is 0 Å². The van der Waals surface area contributed by atoms with Gasteiger partial charge in [0.1, 0.15) is 37.3 Å². The summed E-state index contributed by atoms with van der Waals surface area (Å²) in [6.07, 6.45) is -3.97. The summed E-state index contributed by atoms with van der Waals surface area (Å²) in [5, 5.41) is 21.7. The topological polar surface area (TPSA) is 104 Å². The Labute approximate surface area is 258 Å². The molecule has 1 aliphatic rings. The van der Waals surface area contributed by atoms with Gasteiger partial charge in [-0.3, -0.25) is 0 Å². The molecule has 8 nitrogen and oxygen atoms in total. The van der Waals surface area contributed by atoms with Crippen LogP contribution in [0.3, 0.4) is 0 Å². The van der Waals surface area contributed by atoms with Gasteiger partial charge in [0, 0.05) is 0 Å². The largest absolute Gasteiger partial charge is 0.387 e. The summed E-state index contributed by atoms with van der Waals surface area (Å²) in [7, 11) is 0. The van der Waals surface area contributed by atoms with Gasteiger partial charge in [0.25, 0.3) is 0 Å². The number of hydrogen-bond donors (Lipinski definition) is 2. The molecule has 4 aromatic carbocycles. The summed E-state index contributed by atoms with van der Waals surface area (Å²) in [6, 6.07) is 38.9. The lowest BCUT2D eigenvalue weighted by Crippen LogP contribution is -2.60. The monoisotopic (exact) mass is 600 g/mol. The Balaban J connectivity index is 0.000000339. The van der Waals surface area contributed by atoms with Crippen molar-refractivity contribution in [1.29, 1.82) is 0 Å². The molecule has 0 saturated carbocycles. The van der Waals surface area contributed by atoms with E-state index in [1.807, 2.05) is 121 Å². The zero-order valence-electron chi connectivity index (χ0n) is 24.6. The average molecular weight is 601 g/mol. The van der Waals surface area contributed by atoms with Crippen LogP contribution in [0.5, 0.6) is 0 Å². The smallest absolute Gasteiger partial charge is 0.184 e. The molecule has 8 heteroatoms. The Kier molecular flexibility index (Phi) is 14.2. The molecule has 0 radical (unpaired) electrons. The fourth-order valence-corrected chi connectivity index (χ4v) is 4.63. The highest BCUT2D eigenvalue weighted by atomic mass is 16.7. The lowest BCUT2D eigenvalue weighted by Gasteiger charge is -2.42. The van der Waals surface area contributed by atoms with E-state index in [0.717, 1.165) is 28.5 Å². The minimum absolute atomic E-state index is 0.161. The minimum atomic E-state index is -1.30. The first-order valence-corrected chi connectivity index (χ1v) is 14.6. The van der Waals surface area contributed by atoms with Gasteiger partial charge in [0.05, 0.1) is 33.0 Å². The Morgan fingerprint density at radius 2 is 0.977 bits per heavy atom. The summed E-state index contributed by atoms with van der Waals surface area (Å²) >= 11 is 0. The number of aliphatic hydroxyl groups excluding tert-OH is 2. The molecule has 44 heavy (non-hydrogen) atoms. The van der Waals surface area contributed by atoms with Gasteiger partial charge in [-0.15, -0.1) is 0 Å². The Hall–Kier alpha value is -3.73. The maximum Gasteiger partial charge on any atom is 0.184 e. The predicted octanol–water partition coefficient (Wildman–Crippen LogP) is 4.85. The Morgan fingerprint density at radius 3 is 1.43 bits per heavy atom. The molecule has 4 aromatic rings. The molecule has 1 aliphatic heterocycles. The number of carbonyl (C=O) groups is 1. The zero-order chi connectivity index (χ0) is 30.8. The molecule has 0 aliphatic carbocycles. The SMILES string of the molecule is O=CCOCc1ccccc1.OC1O[C@@H](COCc2ccccc2)[C@H](OCc2ccccc2)[C@@H](O)[C@@H]1OCc1ccccc1. The van der Waals surface area contributed by atoms with Crippen molar-refractivity contribution in [2.75, 3.05) is 13.2 Å². The van der Waals surface area contributed by atoms with Gasteiger partial charge in [-0.2, -0.15) is 0 Å². The molecule has 232 valence electrons. The van der Waals surface area contributed by atoms with Crippen LogP contribution < -0.4 is 0 Å². The van der Waals surface area contributed by atoms with Crippen LogP contribution in [0.25, 0.3) is 0 Å². The highest BCUT2D eigenvalue weighted by molar-refractivity contribution is 5.50. The van der Waals surface area contributed by atoms with Crippen molar-refractivity contribution in [2.45, 2.75) is 57.1 Å². The van der Waals surface area contributed by atoms with Gasteiger partial charge in [-0.25, -0.2) is 0 Å². The van der Waals surface area contributed by atoms with E-state index in [-0.39, 0.29) is 19.8 Å². The van der Waals surface area contributed by atoms with Crippen LogP contribution in [0.2, 0.25) is 0 Å². The maximum absolute atomic E-state index is 11.1. The second kappa shape index (κ2) is 18.8. The summed E-state index contributed by atoms with van der Waals surface area (Å²) in [6.45, 7) is 1.78. The van der Waals surface area contributed by atoms with Crippen molar-refractivity contribution in [1.82, 2.24) is 0 Å². The van der Waals surface area contributed by atoms with Gasteiger partial charge >= 0.3 is 0 Å². The van der Waals surface area contributed by atoms with E-state index in [9.17, 15) is 15.0 Å². The predicted molar refractivity (Wildman–Crippen MR) is 165 cm³/mol. The number of benzene rings is 4. The molecule has 1 fully saturated rings. The highest BCUT2D eigenvalue weighted by Gasteiger charge is 2.46. The van der Waals surface area contributed by atoms with E-state index in [1.165, 1.54) is 0 Å². The van der Waals surface area contributed by atoms with Gasteiger partial charge in [0.2, 0.25) is 0 Å². The second-order valence-electron chi connectivity index (χ2n) is 10.2. The third-order valence-electron chi connectivity index (χ3n) is 6.90. The fourth-order valence-electron chi connectivity index (χ4n) is 4.63. The van der Waals surface area contributed by atoms with Crippen molar-refractivity contribution in [3.63, 3.8) is 0 Å². The zero-order valence-corrected chi connectivity index (χ0v) is 24.6. The first-order valence-electron chi connectivity index (χ1n) is 14.6. The summed E-state index contributed by atoms with van der Waals surface area (Å²) in [5.41, 5.74) is 4.03. The second-order valence-corrected chi connectivity index (χ2v) is 10.2. The van der Waals surface area contributed by atoms with E-state index >= 15 is 0 Å². The lowest BCUT2D eigenvalue weighted by atomic mass is 9.98. The standard InChI is InChI=1S/C27H30O6.C9H10O2/c28-24-25(31-17-21-12-6-2-7-13-21)23(19-30-16-20-10-4-1-5-11-20)33-27(29)26(24)32-18-22-14-8-3-9-15-22;10-6-7-11-8-9-4-2-1-3-5-9/h1-15,23-29H,16-19H2;1-6H,7-8H2/t23-,24+,25-,26-,27?;/m0./s1. The maximum atomic E-state index is 11.1. The Bertz CT molecular complexity index is 1310.